The van der Waals surface area contributed by atoms with Gasteiger partial charge >= 0.3 is 0 Å². The van der Waals surface area contributed by atoms with Gasteiger partial charge in [0.05, 0.1) is 17.7 Å². The second kappa shape index (κ2) is 4.82. The van der Waals surface area contributed by atoms with Crippen molar-refractivity contribution in [3.8, 4) is 6.07 Å². The Labute approximate surface area is 113 Å². The number of aryl methyl sites for hydroxylation is 2. The summed E-state index contributed by atoms with van der Waals surface area (Å²) in [4.78, 5) is 4.70. The molecule has 1 aromatic heterocycles. The first-order valence-electron chi connectivity index (χ1n) is 6.99. The van der Waals surface area contributed by atoms with E-state index in [-0.39, 0.29) is 5.54 Å². The van der Waals surface area contributed by atoms with Gasteiger partial charge in [0.15, 0.2) is 0 Å². The van der Waals surface area contributed by atoms with E-state index in [9.17, 15) is 5.26 Å². The van der Waals surface area contributed by atoms with E-state index >= 15 is 0 Å². The highest BCUT2D eigenvalue weighted by atomic mass is 16.5. The Bertz CT molecular complexity index is 527. The molecule has 1 aliphatic heterocycles. The van der Waals surface area contributed by atoms with E-state index in [1.807, 2.05) is 6.07 Å². The maximum Gasteiger partial charge on any atom is 0.144 e. The first kappa shape index (κ1) is 12.4. The highest BCUT2D eigenvalue weighted by molar-refractivity contribution is 5.56. The molecule has 2 heterocycles. The van der Waals surface area contributed by atoms with Gasteiger partial charge in [0.1, 0.15) is 11.9 Å². The lowest BCUT2D eigenvalue weighted by molar-refractivity contribution is 0.185. The molecule has 1 aromatic rings. The average Bonchev–Trinajstić information content (AvgIpc) is 2.84. The second-order valence-electron chi connectivity index (χ2n) is 5.80. The summed E-state index contributed by atoms with van der Waals surface area (Å²) < 4.78 is 5.45. The van der Waals surface area contributed by atoms with Gasteiger partial charge in [0.2, 0.25) is 0 Å². The third-order valence-corrected chi connectivity index (χ3v) is 4.06. The van der Waals surface area contributed by atoms with Crippen LogP contribution in [0.4, 0.5) is 5.82 Å². The van der Waals surface area contributed by atoms with Crippen LogP contribution in [0.1, 0.15) is 43.0 Å². The van der Waals surface area contributed by atoms with E-state index in [0.29, 0.717) is 12.2 Å². The monoisotopic (exact) mass is 257 g/mol. The normalized spacial score (nSPS) is 25.7. The molecule has 0 amide bonds. The number of nitrogens with zero attached hydrogens (tertiary/aromatic N) is 2. The van der Waals surface area contributed by atoms with Crippen molar-refractivity contribution in [2.75, 3.05) is 18.5 Å². The van der Waals surface area contributed by atoms with E-state index in [2.05, 4.69) is 18.3 Å². The predicted octanol–water partition coefficient (Wildman–Crippen LogP) is 2.42. The summed E-state index contributed by atoms with van der Waals surface area (Å²) in [6.45, 7) is 3.58. The van der Waals surface area contributed by atoms with Gasteiger partial charge < -0.3 is 10.1 Å². The molecule has 0 radical (unpaired) electrons. The van der Waals surface area contributed by atoms with Crippen LogP contribution in [0.2, 0.25) is 0 Å². The summed E-state index contributed by atoms with van der Waals surface area (Å²) >= 11 is 0. The largest absolute Gasteiger partial charge is 0.379 e. The number of nitriles is 1. The number of fused-ring (bicyclic) bond motifs is 1. The smallest absolute Gasteiger partial charge is 0.144 e. The Hall–Kier alpha value is -1.60. The molecule has 1 aliphatic carbocycles. The maximum atomic E-state index is 9.32. The molecule has 1 unspecified atom stereocenters. The van der Waals surface area contributed by atoms with Crippen molar-refractivity contribution in [2.24, 2.45) is 0 Å². The highest BCUT2D eigenvalue weighted by Crippen LogP contribution is 2.28. The molecule has 0 aromatic carbocycles. The molecule has 100 valence electrons. The number of nitrogens with one attached hydrogen (secondary N) is 1. The summed E-state index contributed by atoms with van der Waals surface area (Å²) in [6, 6.07) is 4.29. The number of hydrogen-bond donors (Lipinski definition) is 1. The molecule has 3 rings (SSSR count). The van der Waals surface area contributed by atoms with Crippen LogP contribution in [0.25, 0.3) is 0 Å². The van der Waals surface area contributed by atoms with Crippen LogP contribution in [0.15, 0.2) is 6.07 Å². The third-order valence-electron chi connectivity index (χ3n) is 4.06. The van der Waals surface area contributed by atoms with Crippen LogP contribution in [-0.2, 0) is 17.6 Å². The van der Waals surface area contributed by atoms with Crippen molar-refractivity contribution in [1.29, 1.82) is 5.26 Å². The quantitative estimate of drug-likeness (QED) is 0.884. The third kappa shape index (κ3) is 2.43. The van der Waals surface area contributed by atoms with Gasteiger partial charge in [-0.1, -0.05) is 0 Å². The van der Waals surface area contributed by atoms with Gasteiger partial charge in [0, 0.05) is 12.3 Å². The molecule has 0 bridgehead atoms. The van der Waals surface area contributed by atoms with Gasteiger partial charge in [-0.15, -0.1) is 0 Å². The summed E-state index contributed by atoms with van der Waals surface area (Å²) in [7, 11) is 0. The molecule has 1 saturated heterocycles. The zero-order chi connectivity index (χ0) is 13.3. The minimum Gasteiger partial charge on any atom is -0.379 e. The van der Waals surface area contributed by atoms with E-state index < -0.39 is 0 Å². The number of hydrogen-bond acceptors (Lipinski definition) is 4. The van der Waals surface area contributed by atoms with Crippen molar-refractivity contribution >= 4 is 5.82 Å². The zero-order valence-electron chi connectivity index (χ0n) is 11.3. The fraction of sp³-hybridized carbons (Fsp3) is 0.600. The van der Waals surface area contributed by atoms with Crippen molar-refractivity contribution in [3.63, 3.8) is 0 Å². The first-order valence-corrected chi connectivity index (χ1v) is 6.99. The minimum absolute atomic E-state index is 0.0957. The number of aromatic nitrogens is 1. The summed E-state index contributed by atoms with van der Waals surface area (Å²) in [5.74, 6) is 0.733. The maximum absolute atomic E-state index is 9.32. The van der Waals surface area contributed by atoms with Crippen molar-refractivity contribution in [1.82, 2.24) is 4.98 Å². The fourth-order valence-corrected chi connectivity index (χ4v) is 2.87. The van der Waals surface area contributed by atoms with Gasteiger partial charge in [-0.25, -0.2) is 4.98 Å². The summed E-state index contributed by atoms with van der Waals surface area (Å²) in [5, 5.41) is 12.7. The Morgan fingerprint density at radius 1 is 1.42 bits per heavy atom. The van der Waals surface area contributed by atoms with Gasteiger partial charge in [0.25, 0.3) is 0 Å². The Morgan fingerprint density at radius 3 is 3.00 bits per heavy atom. The van der Waals surface area contributed by atoms with Crippen LogP contribution in [0.3, 0.4) is 0 Å². The van der Waals surface area contributed by atoms with E-state index in [1.54, 1.807) is 0 Å². The number of rotatable bonds is 2. The molecule has 2 aliphatic rings. The standard InChI is InChI=1S/C15H19N3O/c1-15(6-7-19-10-15)18-14-12(9-16)8-11-4-2-3-5-13(11)17-14/h8H,2-7,10H2,1H3,(H,17,18). The van der Waals surface area contributed by atoms with E-state index in [4.69, 9.17) is 9.72 Å². The fourth-order valence-electron chi connectivity index (χ4n) is 2.87. The lowest BCUT2D eigenvalue weighted by Crippen LogP contribution is -2.36. The Kier molecular flexibility index (Phi) is 3.16. The molecule has 0 saturated carbocycles. The molecule has 1 fully saturated rings. The van der Waals surface area contributed by atoms with E-state index in [0.717, 1.165) is 37.4 Å². The summed E-state index contributed by atoms with van der Waals surface area (Å²) in [5.41, 5.74) is 2.98. The lowest BCUT2D eigenvalue weighted by atomic mass is 9.94. The second-order valence-corrected chi connectivity index (χ2v) is 5.80. The highest BCUT2D eigenvalue weighted by Gasteiger charge is 2.31. The SMILES string of the molecule is CC1(Nc2nc3c(cc2C#N)CCCC3)CCOC1. The Morgan fingerprint density at radius 2 is 2.26 bits per heavy atom. The van der Waals surface area contributed by atoms with Crippen LogP contribution in [-0.4, -0.2) is 23.7 Å². The van der Waals surface area contributed by atoms with Crippen molar-refractivity contribution in [2.45, 2.75) is 44.6 Å². The van der Waals surface area contributed by atoms with Crippen molar-refractivity contribution < 1.29 is 4.74 Å². The molecule has 1 N–H and O–H groups in total. The van der Waals surface area contributed by atoms with Gasteiger partial charge in [-0.2, -0.15) is 5.26 Å². The van der Waals surface area contributed by atoms with Crippen molar-refractivity contribution in [3.05, 3.63) is 22.9 Å². The first-order chi connectivity index (χ1) is 9.20. The molecular formula is C15H19N3O. The average molecular weight is 257 g/mol. The van der Waals surface area contributed by atoms with Crippen LogP contribution in [0, 0.1) is 11.3 Å². The molecular weight excluding hydrogens is 238 g/mol. The summed E-state index contributed by atoms with van der Waals surface area (Å²) in [6.07, 6.45) is 5.45. The number of pyridine rings is 1. The molecule has 1 atom stereocenters. The van der Waals surface area contributed by atoms with Crippen LogP contribution >= 0.6 is 0 Å². The predicted molar refractivity (Wildman–Crippen MR) is 73.1 cm³/mol. The minimum atomic E-state index is -0.0957. The molecule has 4 nitrogen and oxygen atoms in total. The number of anilines is 1. The van der Waals surface area contributed by atoms with E-state index in [1.165, 1.54) is 18.4 Å². The number of ether oxygens (including phenoxy) is 1. The molecule has 19 heavy (non-hydrogen) atoms. The molecule has 0 spiro atoms. The van der Waals surface area contributed by atoms with Crippen LogP contribution < -0.4 is 5.32 Å². The van der Waals surface area contributed by atoms with Crippen LogP contribution in [0.5, 0.6) is 0 Å². The molecule has 4 heteroatoms. The Balaban J connectivity index is 1.93. The van der Waals surface area contributed by atoms with Gasteiger partial charge in [-0.05, 0) is 50.7 Å². The lowest BCUT2D eigenvalue weighted by Gasteiger charge is -2.26. The van der Waals surface area contributed by atoms with Gasteiger partial charge in [-0.3, -0.25) is 0 Å². The zero-order valence-corrected chi connectivity index (χ0v) is 11.3. The topological polar surface area (TPSA) is 57.9 Å².